The van der Waals surface area contributed by atoms with Crippen molar-refractivity contribution in [2.45, 2.75) is 36.8 Å². The first-order valence-corrected chi connectivity index (χ1v) is 12.3. The van der Waals surface area contributed by atoms with Crippen molar-refractivity contribution in [1.82, 2.24) is 9.62 Å². The maximum atomic E-state index is 14.1. The van der Waals surface area contributed by atoms with Crippen LogP contribution in [0, 0.1) is 5.82 Å². The van der Waals surface area contributed by atoms with E-state index in [0.717, 1.165) is 18.4 Å². The molecule has 1 spiro atoms. The highest BCUT2D eigenvalue weighted by Gasteiger charge is 2.43. The molecule has 0 aliphatic carbocycles. The topological polar surface area (TPSA) is 67.9 Å². The van der Waals surface area contributed by atoms with Gasteiger partial charge >= 0.3 is 0 Å². The van der Waals surface area contributed by atoms with Crippen molar-refractivity contribution in [2.24, 2.45) is 0 Å². The Balaban J connectivity index is 1.33. The van der Waals surface area contributed by atoms with Crippen molar-refractivity contribution in [3.63, 3.8) is 0 Å². The van der Waals surface area contributed by atoms with E-state index >= 15 is 0 Å². The molecule has 2 aromatic carbocycles. The summed E-state index contributed by atoms with van der Waals surface area (Å²) in [4.78, 5) is 2.16. The zero-order valence-electron chi connectivity index (χ0n) is 17.5. The molecule has 2 fully saturated rings. The average molecular weight is 449 g/mol. The number of rotatable bonds is 7. The monoisotopic (exact) mass is 448 g/mol. The first-order valence-electron chi connectivity index (χ1n) is 10.7. The minimum absolute atomic E-state index is 0.0504. The summed E-state index contributed by atoms with van der Waals surface area (Å²) in [6.07, 6.45) is 1.33. The molecular weight excluding hydrogens is 419 g/mol. The van der Waals surface area contributed by atoms with E-state index in [-0.39, 0.29) is 24.2 Å². The number of nitrogens with one attached hydrogen (secondary N) is 1. The molecule has 1 N–H and O–H groups in total. The molecule has 8 heteroatoms. The van der Waals surface area contributed by atoms with Gasteiger partial charge in [-0.05, 0) is 24.5 Å². The Bertz CT molecular complexity index is 973. The van der Waals surface area contributed by atoms with Crippen molar-refractivity contribution in [3.05, 3.63) is 71.5 Å². The lowest BCUT2D eigenvalue weighted by Gasteiger charge is -2.32. The molecule has 0 amide bonds. The third kappa shape index (κ3) is 6.11. The molecule has 2 heterocycles. The third-order valence-electron chi connectivity index (χ3n) is 5.85. The lowest BCUT2D eigenvalue weighted by Crippen LogP contribution is -2.45. The van der Waals surface area contributed by atoms with E-state index in [2.05, 4.69) is 9.62 Å². The van der Waals surface area contributed by atoms with E-state index in [1.807, 2.05) is 24.3 Å². The predicted octanol–water partition coefficient (Wildman–Crippen LogP) is 2.70. The van der Waals surface area contributed by atoms with Crippen LogP contribution in [0.2, 0.25) is 0 Å². The van der Waals surface area contributed by atoms with Crippen LogP contribution in [0.15, 0.2) is 54.6 Å². The number of benzene rings is 2. The van der Waals surface area contributed by atoms with Crippen molar-refractivity contribution in [2.75, 3.05) is 32.8 Å². The number of nitrogens with zero attached hydrogens (tertiary/aromatic N) is 1. The third-order valence-corrected chi connectivity index (χ3v) is 7.17. The molecule has 31 heavy (non-hydrogen) atoms. The van der Waals surface area contributed by atoms with E-state index in [9.17, 15) is 12.8 Å². The molecule has 0 radical (unpaired) electrons. The van der Waals surface area contributed by atoms with E-state index < -0.39 is 15.6 Å². The predicted molar refractivity (Wildman–Crippen MR) is 116 cm³/mol. The molecule has 168 valence electrons. The van der Waals surface area contributed by atoms with Gasteiger partial charge in [0.1, 0.15) is 11.4 Å². The van der Waals surface area contributed by atoms with Crippen LogP contribution in [0.1, 0.15) is 24.0 Å². The number of hydrogen-bond donors (Lipinski definition) is 1. The first-order chi connectivity index (χ1) is 14.9. The molecule has 2 aromatic rings. The molecule has 2 saturated heterocycles. The van der Waals surface area contributed by atoms with Gasteiger partial charge in [-0.3, -0.25) is 4.90 Å². The zero-order valence-corrected chi connectivity index (χ0v) is 18.3. The molecule has 0 bridgehead atoms. The lowest BCUT2D eigenvalue weighted by molar-refractivity contribution is -0.0844. The van der Waals surface area contributed by atoms with E-state index in [4.69, 9.17) is 9.47 Å². The Morgan fingerprint density at radius 3 is 2.71 bits per heavy atom. The fraction of sp³-hybridized carbons (Fsp3) is 0.478. The maximum Gasteiger partial charge on any atom is 0.215 e. The van der Waals surface area contributed by atoms with Crippen LogP contribution in [-0.2, 0) is 31.8 Å². The van der Waals surface area contributed by atoms with Crippen LogP contribution < -0.4 is 4.72 Å². The summed E-state index contributed by atoms with van der Waals surface area (Å²) in [5, 5.41) is 0. The second-order valence-corrected chi connectivity index (χ2v) is 10.2. The molecule has 0 saturated carbocycles. The number of ether oxygens (including phenoxy) is 2. The Kier molecular flexibility index (Phi) is 7.03. The average Bonchev–Trinajstić information content (AvgIpc) is 3.03. The van der Waals surface area contributed by atoms with E-state index in [1.165, 1.54) is 6.07 Å². The van der Waals surface area contributed by atoms with Crippen molar-refractivity contribution >= 4 is 10.0 Å². The first kappa shape index (κ1) is 22.4. The van der Waals surface area contributed by atoms with Gasteiger partial charge in [-0.25, -0.2) is 17.5 Å². The van der Waals surface area contributed by atoms with Gasteiger partial charge < -0.3 is 9.47 Å². The summed E-state index contributed by atoms with van der Waals surface area (Å²) in [6, 6.07) is 15.9. The lowest BCUT2D eigenvalue weighted by atomic mass is 10.00. The summed E-state index contributed by atoms with van der Waals surface area (Å²) >= 11 is 0. The SMILES string of the molecule is O=S(=O)(Cc1ccccc1)NC[C@@H]1CC[C@]2(COCCN(Cc3ccccc3F)C2)O1. The highest BCUT2D eigenvalue weighted by atomic mass is 32.2. The maximum absolute atomic E-state index is 14.1. The fourth-order valence-corrected chi connectivity index (χ4v) is 5.49. The van der Waals surface area contributed by atoms with Gasteiger partial charge in [-0.2, -0.15) is 0 Å². The van der Waals surface area contributed by atoms with Crippen LogP contribution in [0.3, 0.4) is 0 Å². The fourth-order valence-electron chi connectivity index (χ4n) is 4.31. The second kappa shape index (κ2) is 9.75. The summed E-state index contributed by atoms with van der Waals surface area (Å²) < 4.78 is 53.8. The molecule has 2 aliphatic heterocycles. The number of hydrogen-bond acceptors (Lipinski definition) is 5. The van der Waals surface area contributed by atoms with Crippen LogP contribution in [0.25, 0.3) is 0 Å². The molecule has 0 unspecified atom stereocenters. The van der Waals surface area contributed by atoms with Crippen LogP contribution in [-0.4, -0.2) is 57.9 Å². The van der Waals surface area contributed by atoms with E-state index in [0.29, 0.717) is 38.4 Å². The Hall–Kier alpha value is -1.84. The zero-order chi connectivity index (χ0) is 21.7. The highest BCUT2D eigenvalue weighted by Crippen LogP contribution is 2.33. The quantitative estimate of drug-likeness (QED) is 0.706. The normalized spacial score (nSPS) is 25.0. The van der Waals surface area contributed by atoms with Gasteiger partial charge in [0.15, 0.2) is 0 Å². The minimum Gasteiger partial charge on any atom is -0.377 e. The van der Waals surface area contributed by atoms with Gasteiger partial charge in [0.2, 0.25) is 10.0 Å². The van der Waals surface area contributed by atoms with Gasteiger partial charge in [0.25, 0.3) is 0 Å². The smallest absolute Gasteiger partial charge is 0.215 e. The molecular formula is C23H29FN2O4S. The van der Waals surface area contributed by atoms with Crippen molar-refractivity contribution in [1.29, 1.82) is 0 Å². The molecule has 0 aromatic heterocycles. The molecule has 2 aliphatic rings. The van der Waals surface area contributed by atoms with Crippen molar-refractivity contribution in [3.8, 4) is 0 Å². The molecule has 2 atom stereocenters. The second-order valence-electron chi connectivity index (χ2n) is 8.41. The van der Waals surface area contributed by atoms with Gasteiger partial charge in [0, 0.05) is 31.7 Å². The van der Waals surface area contributed by atoms with E-state index in [1.54, 1.807) is 24.3 Å². The summed E-state index contributed by atoms with van der Waals surface area (Å²) in [7, 11) is -3.44. The number of sulfonamides is 1. The molecule has 4 rings (SSSR count). The standard InChI is InChI=1S/C23H29FN2O4S/c24-22-9-5-4-8-20(22)15-26-12-13-29-18-23(17-26)11-10-21(30-23)14-25-31(27,28)16-19-6-2-1-3-7-19/h1-9,21,25H,10-18H2/t21-,23-/m0/s1. The largest absolute Gasteiger partial charge is 0.377 e. The summed E-state index contributed by atoms with van der Waals surface area (Å²) in [5.41, 5.74) is 0.916. The summed E-state index contributed by atoms with van der Waals surface area (Å²) in [6.45, 7) is 3.10. The number of halogens is 1. The summed E-state index contributed by atoms with van der Waals surface area (Å²) in [5.74, 6) is -0.259. The minimum atomic E-state index is -3.44. The Morgan fingerprint density at radius 2 is 1.90 bits per heavy atom. The van der Waals surface area contributed by atoms with Gasteiger partial charge in [0.05, 0.1) is 25.1 Å². The molecule has 6 nitrogen and oxygen atoms in total. The van der Waals surface area contributed by atoms with Crippen LogP contribution >= 0.6 is 0 Å². The van der Waals surface area contributed by atoms with Gasteiger partial charge in [-0.15, -0.1) is 0 Å². The van der Waals surface area contributed by atoms with Crippen LogP contribution in [0.5, 0.6) is 0 Å². The Morgan fingerprint density at radius 1 is 1.13 bits per heavy atom. The van der Waals surface area contributed by atoms with Gasteiger partial charge in [-0.1, -0.05) is 48.5 Å². The van der Waals surface area contributed by atoms with Crippen LogP contribution in [0.4, 0.5) is 4.39 Å². The highest BCUT2D eigenvalue weighted by molar-refractivity contribution is 7.88. The Labute approximate surface area is 183 Å². The van der Waals surface area contributed by atoms with Crippen molar-refractivity contribution < 1.29 is 22.3 Å².